The minimum Gasteiger partial charge on any atom is -0.369 e. The van der Waals surface area contributed by atoms with Gasteiger partial charge in [-0.15, -0.1) is 0 Å². The van der Waals surface area contributed by atoms with E-state index in [0.29, 0.717) is 11.6 Å². The fourth-order valence-corrected chi connectivity index (χ4v) is 2.88. The van der Waals surface area contributed by atoms with Gasteiger partial charge in [-0.25, -0.2) is 0 Å². The lowest BCUT2D eigenvalue weighted by Gasteiger charge is -2.28. The Hall–Kier alpha value is -1.14. The van der Waals surface area contributed by atoms with E-state index in [2.05, 4.69) is 21.2 Å². The van der Waals surface area contributed by atoms with Gasteiger partial charge < -0.3 is 10.2 Å². The molecule has 6 heteroatoms. The SMILES string of the molecule is CN(CC1CCCNC1)c1ccc(Br)cc1[N+](=O)[O-]. The van der Waals surface area contributed by atoms with Gasteiger partial charge in [0.2, 0.25) is 0 Å². The smallest absolute Gasteiger partial charge is 0.293 e. The molecule has 1 saturated heterocycles. The summed E-state index contributed by atoms with van der Waals surface area (Å²) in [6.45, 7) is 2.92. The van der Waals surface area contributed by atoms with Crippen molar-refractivity contribution in [1.29, 1.82) is 0 Å². The van der Waals surface area contributed by atoms with Crippen molar-refractivity contribution in [1.82, 2.24) is 5.32 Å². The molecule has 2 rings (SSSR count). The first-order valence-corrected chi connectivity index (χ1v) is 7.23. The van der Waals surface area contributed by atoms with E-state index in [1.54, 1.807) is 12.1 Å². The predicted molar refractivity (Wildman–Crippen MR) is 79.7 cm³/mol. The van der Waals surface area contributed by atoms with Gasteiger partial charge in [0, 0.05) is 24.1 Å². The number of nitro benzene ring substituents is 1. The molecule has 5 nitrogen and oxygen atoms in total. The van der Waals surface area contributed by atoms with Gasteiger partial charge in [-0.3, -0.25) is 10.1 Å². The molecule has 1 aliphatic heterocycles. The molecule has 0 aliphatic carbocycles. The second-order valence-electron chi connectivity index (χ2n) is 4.98. The maximum absolute atomic E-state index is 11.1. The van der Waals surface area contributed by atoms with Crippen LogP contribution in [-0.4, -0.2) is 31.6 Å². The molecule has 0 amide bonds. The Kier molecular flexibility index (Phi) is 4.76. The highest BCUT2D eigenvalue weighted by molar-refractivity contribution is 9.10. The largest absolute Gasteiger partial charge is 0.369 e. The summed E-state index contributed by atoms with van der Waals surface area (Å²) < 4.78 is 0.732. The topological polar surface area (TPSA) is 58.4 Å². The number of hydrogen-bond acceptors (Lipinski definition) is 4. The van der Waals surface area contributed by atoms with Crippen molar-refractivity contribution in [3.8, 4) is 0 Å². The van der Waals surface area contributed by atoms with Crippen molar-refractivity contribution in [3.63, 3.8) is 0 Å². The molecular weight excluding hydrogens is 310 g/mol. The highest BCUT2D eigenvalue weighted by Crippen LogP contribution is 2.31. The molecule has 1 atom stereocenters. The molecule has 1 aromatic carbocycles. The van der Waals surface area contributed by atoms with E-state index in [4.69, 9.17) is 0 Å². The minimum atomic E-state index is -0.324. The van der Waals surface area contributed by atoms with E-state index < -0.39 is 0 Å². The van der Waals surface area contributed by atoms with Gasteiger partial charge in [-0.2, -0.15) is 0 Å². The number of hydrogen-bond donors (Lipinski definition) is 1. The Bertz CT molecular complexity index is 461. The van der Waals surface area contributed by atoms with Crippen LogP contribution in [0.4, 0.5) is 11.4 Å². The van der Waals surface area contributed by atoms with Crippen molar-refractivity contribution < 1.29 is 4.92 Å². The third kappa shape index (κ3) is 3.67. The number of piperidine rings is 1. The maximum Gasteiger partial charge on any atom is 0.293 e. The first-order chi connectivity index (χ1) is 9.08. The van der Waals surface area contributed by atoms with Crippen molar-refractivity contribution in [2.75, 3.05) is 31.6 Å². The average Bonchev–Trinajstić information content (AvgIpc) is 2.39. The average molecular weight is 328 g/mol. The lowest BCUT2D eigenvalue weighted by molar-refractivity contribution is -0.384. The maximum atomic E-state index is 11.1. The Morgan fingerprint density at radius 3 is 3.00 bits per heavy atom. The van der Waals surface area contributed by atoms with Crippen molar-refractivity contribution >= 4 is 27.3 Å². The Morgan fingerprint density at radius 2 is 2.37 bits per heavy atom. The van der Waals surface area contributed by atoms with E-state index in [1.807, 2.05) is 18.0 Å². The summed E-state index contributed by atoms with van der Waals surface area (Å²) in [5.41, 5.74) is 0.833. The highest BCUT2D eigenvalue weighted by Gasteiger charge is 2.21. The van der Waals surface area contributed by atoms with Gasteiger partial charge in [0.05, 0.1) is 4.92 Å². The molecule has 0 spiro atoms. The number of nitro groups is 1. The molecule has 0 radical (unpaired) electrons. The Labute approximate surface area is 121 Å². The molecule has 104 valence electrons. The molecule has 0 aromatic heterocycles. The monoisotopic (exact) mass is 327 g/mol. The zero-order valence-corrected chi connectivity index (χ0v) is 12.5. The molecule has 1 aliphatic rings. The fraction of sp³-hybridized carbons (Fsp3) is 0.538. The van der Waals surface area contributed by atoms with E-state index in [-0.39, 0.29) is 10.6 Å². The number of anilines is 1. The van der Waals surface area contributed by atoms with Crippen LogP contribution in [0.5, 0.6) is 0 Å². The van der Waals surface area contributed by atoms with Crippen LogP contribution in [0.1, 0.15) is 12.8 Å². The van der Waals surface area contributed by atoms with Crippen LogP contribution in [-0.2, 0) is 0 Å². The summed E-state index contributed by atoms with van der Waals surface area (Å²) in [5.74, 6) is 0.557. The molecule has 1 N–H and O–H groups in total. The van der Waals surface area contributed by atoms with Crippen LogP contribution in [0.15, 0.2) is 22.7 Å². The van der Waals surface area contributed by atoms with Gasteiger partial charge >= 0.3 is 0 Å². The molecular formula is C13H18BrN3O2. The fourth-order valence-electron chi connectivity index (χ4n) is 2.53. The number of benzene rings is 1. The van der Waals surface area contributed by atoms with Crippen LogP contribution in [0.3, 0.4) is 0 Å². The van der Waals surface area contributed by atoms with Crippen LogP contribution in [0.2, 0.25) is 0 Å². The van der Waals surface area contributed by atoms with Crippen molar-refractivity contribution in [3.05, 3.63) is 32.8 Å². The molecule has 1 unspecified atom stereocenters. The molecule has 1 aromatic rings. The summed E-state index contributed by atoms with van der Waals surface area (Å²) >= 11 is 3.28. The van der Waals surface area contributed by atoms with Crippen LogP contribution >= 0.6 is 15.9 Å². The van der Waals surface area contributed by atoms with Crippen molar-refractivity contribution in [2.24, 2.45) is 5.92 Å². The lowest BCUT2D eigenvalue weighted by Crippen LogP contribution is -2.37. The lowest BCUT2D eigenvalue weighted by atomic mass is 9.99. The predicted octanol–water partition coefficient (Wildman–Crippen LogP) is 2.79. The first-order valence-electron chi connectivity index (χ1n) is 6.43. The number of nitrogens with zero attached hydrogens (tertiary/aromatic N) is 2. The van der Waals surface area contributed by atoms with Gasteiger partial charge in [-0.05, 0) is 44.0 Å². The molecule has 19 heavy (non-hydrogen) atoms. The van der Waals surface area contributed by atoms with E-state index in [9.17, 15) is 10.1 Å². The van der Waals surface area contributed by atoms with Crippen LogP contribution < -0.4 is 10.2 Å². The zero-order chi connectivity index (χ0) is 13.8. The molecule has 1 fully saturated rings. The van der Waals surface area contributed by atoms with E-state index >= 15 is 0 Å². The minimum absolute atomic E-state index is 0.153. The van der Waals surface area contributed by atoms with Gasteiger partial charge in [-0.1, -0.05) is 15.9 Å². The van der Waals surface area contributed by atoms with Gasteiger partial charge in [0.1, 0.15) is 5.69 Å². The first kappa shape index (κ1) is 14.3. The highest BCUT2D eigenvalue weighted by atomic mass is 79.9. The second kappa shape index (κ2) is 6.34. The second-order valence-corrected chi connectivity index (χ2v) is 5.90. The van der Waals surface area contributed by atoms with Crippen molar-refractivity contribution in [2.45, 2.75) is 12.8 Å². The summed E-state index contributed by atoms with van der Waals surface area (Å²) in [6.07, 6.45) is 2.36. The Morgan fingerprint density at radius 1 is 1.58 bits per heavy atom. The quantitative estimate of drug-likeness (QED) is 0.682. The molecule has 0 saturated carbocycles. The van der Waals surface area contributed by atoms with Crippen LogP contribution in [0.25, 0.3) is 0 Å². The van der Waals surface area contributed by atoms with Gasteiger partial charge in [0.15, 0.2) is 0 Å². The summed E-state index contributed by atoms with van der Waals surface area (Å²) in [4.78, 5) is 12.8. The Balaban J connectivity index is 2.13. The summed E-state index contributed by atoms with van der Waals surface area (Å²) in [7, 11) is 1.92. The van der Waals surface area contributed by atoms with E-state index in [0.717, 1.165) is 24.1 Å². The van der Waals surface area contributed by atoms with E-state index in [1.165, 1.54) is 12.8 Å². The normalized spacial score (nSPS) is 19.2. The number of nitrogens with one attached hydrogen (secondary N) is 1. The summed E-state index contributed by atoms with van der Waals surface area (Å²) in [5, 5.41) is 14.5. The third-order valence-corrected chi connectivity index (χ3v) is 3.97. The molecule has 0 bridgehead atoms. The number of rotatable bonds is 4. The zero-order valence-electron chi connectivity index (χ0n) is 10.9. The molecule has 1 heterocycles. The van der Waals surface area contributed by atoms with Crippen LogP contribution in [0, 0.1) is 16.0 Å². The standard InChI is InChI=1S/C13H18BrN3O2/c1-16(9-10-3-2-6-15-8-10)12-5-4-11(14)7-13(12)17(18)19/h4-5,7,10,15H,2-3,6,8-9H2,1H3. The third-order valence-electron chi connectivity index (χ3n) is 3.48. The summed E-state index contributed by atoms with van der Waals surface area (Å²) in [6, 6.07) is 5.21. The number of halogens is 1. The van der Waals surface area contributed by atoms with Gasteiger partial charge in [0.25, 0.3) is 5.69 Å².